The summed E-state index contributed by atoms with van der Waals surface area (Å²) >= 11 is 5.90. The van der Waals surface area contributed by atoms with Gasteiger partial charge < -0.3 is 21.1 Å². The molecule has 0 bridgehead atoms. The fraction of sp³-hybridized carbons (Fsp3) is 0.227. The Balaban J connectivity index is 1.63. The number of nitrogen functional groups attached to an aromatic ring is 1. The first kappa shape index (κ1) is 20.6. The summed E-state index contributed by atoms with van der Waals surface area (Å²) in [5, 5.41) is 14.5. The van der Waals surface area contributed by atoms with Crippen molar-refractivity contribution in [3.8, 4) is 28.9 Å². The molecule has 0 unspecified atom stereocenters. The maximum Gasteiger partial charge on any atom is 0.254 e. The van der Waals surface area contributed by atoms with Gasteiger partial charge in [0.2, 0.25) is 0 Å². The molecule has 3 aromatic rings. The Morgan fingerprint density at radius 2 is 1.81 bits per heavy atom. The van der Waals surface area contributed by atoms with Crippen LogP contribution in [-0.4, -0.2) is 33.7 Å². The number of carbonyl (C=O) groups excluding carboxylic acids is 1. The molecular formula is C22H21ClN6O2. The van der Waals surface area contributed by atoms with Crippen LogP contribution in [0.1, 0.15) is 29.2 Å². The van der Waals surface area contributed by atoms with Gasteiger partial charge in [0.1, 0.15) is 28.6 Å². The van der Waals surface area contributed by atoms with Crippen LogP contribution >= 0.6 is 11.6 Å². The quantitative estimate of drug-likeness (QED) is 0.586. The second-order valence-corrected chi connectivity index (χ2v) is 7.78. The summed E-state index contributed by atoms with van der Waals surface area (Å²) in [5.74, 6) is 0.848. The number of rotatable bonds is 5. The number of aromatic nitrogens is 2. The molecule has 1 fully saturated rings. The highest BCUT2D eigenvalue weighted by atomic mass is 35.5. The average Bonchev–Trinajstić information content (AvgIpc) is 3.13. The average molecular weight is 437 g/mol. The van der Waals surface area contributed by atoms with Gasteiger partial charge in [-0.25, -0.2) is 4.68 Å². The van der Waals surface area contributed by atoms with E-state index in [4.69, 9.17) is 27.8 Å². The van der Waals surface area contributed by atoms with E-state index in [1.165, 1.54) is 0 Å². The smallest absolute Gasteiger partial charge is 0.254 e. The third-order valence-corrected chi connectivity index (χ3v) is 5.51. The first-order chi connectivity index (χ1) is 15.0. The Morgan fingerprint density at radius 3 is 2.42 bits per heavy atom. The SMILES string of the molecule is N#CN1CCC[C@@H](n2nc(-c3ccc(Oc4ccc(Cl)cc4)cc3)c(C(N)=O)c2N)C1. The van der Waals surface area contributed by atoms with E-state index in [9.17, 15) is 10.1 Å². The van der Waals surface area contributed by atoms with E-state index in [0.717, 1.165) is 12.8 Å². The number of halogens is 1. The number of nitrogens with zero attached hydrogens (tertiary/aromatic N) is 4. The zero-order valence-electron chi connectivity index (χ0n) is 16.7. The third-order valence-electron chi connectivity index (χ3n) is 5.25. The van der Waals surface area contributed by atoms with Crippen molar-refractivity contribution in [2.24, 2.45) is 5.73 Å². The van der Waals surface area contributed by atoms with Crippen molar-refractivity contribution in [3.63, 3.8) is 0 Å². The second kappa shape index (κ2) is 8.58. The molecule has 1 aromatic heterocycles. The van der Waals surface area contributed by atoms with Gasteiger partial charge >= 0.3 is 0 Å². The summed E-state index contributed by atoms with van der Waals surface area (Å²) < 4.78 is 7.44. The van der Waals surface area contributed by atoms with Gasteiger partial charge in [0, 0.05) is 17.1 Å². The number of anilines is 1. The van der Waals surface area contributed by atoms with Crippen molar-refractivity contribution < 1.29 is 9.53 Å². The minimum absolute atomic E-state index is 0.104. The molecule has 4 rings (SSSR count). The Bertz CT molecular complexity index is 1130. The molecule has 4 N–H and O–H groups in total. The highest BCUT2D eigenvalue weighted by Gasteiger charge is 2.28. The van der Waals surface area contributed by atoms with E-state index < -0.39 is 5.91 Å². The number of amides is 1. The Kier molecular flexibility index (Phi) is 5.69. The largest absolute Gasteiger partial charge is 0.457 e. The Morgan fingerprint density at radius 1 is 1.16 bits per heavy atom. The van der Waals surface area contributed by atoms with Gasteiger partial charge in [-0.3, -0.25) is 4.79 Å². The molecule has 1 atom stereocenters. The highest BCUT2D eigenvalue weighted by molar-refractivity contribution is 6.30. The molecule has 8 nitrogen and oxygen atoms in total. The van der Waals surface area contributed by atoms with Crippen molar-refractivity contribution >= 4 is 23.3 Å². The van der Waals surface area contributed by atoms with Crippen molar-refractivity contribution in [2.75, 3.05) is 18.8 Å². The van der Waals surface area contributed by atoms with E-state index in [0.29, 0.717) is 40.9 Å². The zero-order chi connectivity index (χ0) is 22.0. The van der Waals surface area contributed by atoms with Crippen LogP contribution in [0, 0.1) is 11.5 Å². The molecule has 1 aliphatic heterocycles. The summed E-state index contributed by atoms with van der Waals surface area (Å²) in [4.78, 5) is 13.8. The molecular weight excluding hydrogens is 416 g/mol. The maximum absolute atomic E-state index is 12.2. The molecule has 1 saturated heterocycles. The summed E-state index contributed by atoms with van der Waals surface area (Å²) in [6.07, 6.45) is 3.82. The van der Waals surface area contributed by atoms with Crippen LogP contribution in [0.2, 0.25) is 5.02 Å². The maximum atomic E-state index is 12.2. The molecule has 9 heteroatoms. The summed E-state index contributed by atoms with van der Waals surface area (Å²) in [5.41, 5.74) is 13.2. The fourth-order valence-electron chi connectivity index (χ4n) is 3.74. The zero-order valence-corrected chi connectivity index (χ0v) is 17.4. The number of nitrogens with two attached hydrogens (primary N) is 2. The molecule has 31 heavy (non-hydrogen) atoms. The molecule has 0 aliphatic carbocycles. The summed E-state index contributed by atoms with van der Waals surface area (Å²) in [7, 11) is 0. The van der Waals surface area contributed by atoms with E-state index in [2.05, 4.69) is 11.3 Å². The Hall–Kier alpha value is -3.70. The van der Waals surface area contributed by atoms with Gasteiger partial charge in [0.25, 0.3) is 5.91 Å². The number of primary amides is 1. The normalized spacial score (nSPS) is 16.0. The topological polar surface area (TPSA) is 123 Å². The first-order valence-corrected chi connectivity index (χ1v) is 10.2. The van der Waals surface area contributed by atoms with Gasteiger partial charge in [-0.05, 0) is 61.4 Å². The number of hydrogen-bond acceptors (Lipinski definition) is 6. The van der Waals surface area contributed by atoms with Gasteiger partial charge in [0.05, 0.1) is 12.6 Å². The number of ether oxygens (including phenoxy) is 1. The lowest BCUT2D eigenvalue weighted by atomic mass is 10.1. The van der Waals surface area contributed by atoms with Crippen LogP contribution in [0.4, 0.5) is 5.82 Å². The molecule has 2 aromatic carbocycles. The number of likely N-dealkylation sites (tertiary alicyclic amines) is 1. The standard InChI is InChI=1S/C22H21ClN6O2/c23-15-5-9-18(10-6-15)31-17-7-3-14(4-8-17)20-19(22(26)30)21(25)29(27-20)16-2-1-11-28(12-16)13-24/h3-10,16H,1-2,11-12,25H2,(H2,26,30)/t16-/m1/s1. The van der Waals surface area contributed by atoms with E-state index in [1.807, 2.05) is 0 Å². The molecule has 1 aliphatic rings. The molecule has 0 radical (unpaired) electrons. The first-order valence-electron chi connectivity index (χ1n) is 9.82. The van der Waals surface area contributed by atoms with E-state index in [1.54, 1.807) is 58.1 Å². The van der Waals surface area contributed by atoms with E-state index >= 15 is 0 Å². The van der Waals surface area contributed by atoms with Crippen LogP contribution < -0.4 is 16.2 Å². The molecule has 158 valence electrons. The lowest BCUT2D eigenvalue weighted by Crippen LogP contribution is -2.34. The molecule has 0 saturated carbocycles. The minimum Gasteiger partial charge on any atom is -0.457 e. The number of benzene rings is 2. The van der Waals surface area contributed by atoms with Gasteiger partial charge in [-0.15, -0.1) is 0 Å². The summed E-state index contributed by atoms with van der Waals surface area (Å²) in [6, 6.07) is 14.1. The van der Waals surface area contributed by atoms with Crippen LogP contribution in [0.25, 0.3) is 11.3 Å². The fourth-order valence-corrected chi connectivity index (χ4v) is 3.86. The molecule has 0 spiro atoms. The lowest BCUT2D eigenvalue weighted by Gasteiger charge is -2.29. The van der Waals surface area contributed by atoms with Gasteiger partial charge in [-0.2, -0.15) is 10.4 Å². The third kappa shape index (κ3) is 4.27. The predicted molar refractivity (Wildman–Crippen MR) is 118 cm³/mol. The predicted octanol–water partition coefficient (Wildman–Crippen LogP) is 3.79. The molecule has 2 heterocycles. The van der Waals surface area contributed by atoms with E-state index in [-0.39, 0.29) is 17.4 Å². The minimum atomic E-state index is -0.645. The van der Waals surface area contributed by atoms with Crippen molar-refractivity contribution in [3.05, 3.63) is 59.1 Å². The van der Waals surface area contributed by atoms with Crippen LogP contribution in [0.3, 0.4) is 0 Å². The Labute approximate surface area is 184 Å². The van der Waals surface area contributed by atoms with Gasteiger partial charge in [-0.1, -0.05) is 11.6 Å². The van der Waals surface area contributed by atoms with Crippen molar-refractivity contribution in [1.29, 1.82) is 5.26 Å². The number of hydrogen-bond donors (Lipinski definition) is 2. The molecule has 1 amide bonds. The lowest BCUT2D eigenvalue weighted by molar-refractivity contribution is 0.100. The number of nitriles is 1. The van der Waals surface area contributed by atoms with Gasteiger partial charge in [0.15, 0.2) is 6.19 Å². The summed E-state index contributed by atoms with van der Waals surface area (Å²) in [6.45, 7) is 1.20. The second-order valence-electron chi connectivity index (χ2n) is 7.34. The van der Waals surface area contributed by atoms with Crippen LogP contribution in [0.15, 0.2) is 48.5 Å². The number of carbonyl (C=O) groups is 1. The number of piperidine rings is 1. The highest BCUT2D eigenvalue weighted by Crippen LogP contribution is 2.33. The monoisotopic (exact) mass is 436 g/mol. The van der Waals surface area contributed by atoms with Crippen LogP contribution in [-0.2, 0) is 0 Å². The van der Waals surface area contributed by atoms with Crippen molar-refractivity contribution in [1.82, 2.24) is 14.7 Å². The van der Waals surface area contributed by atoms with Crippen molar-refractivity contribution in [2.45, 2.75) is 18.9 Å². The van der Waals surface area contributed by atoms with Crippen LogP contribution in [0.5, 0.6) is 11.5 Å².